The molecule has 25 heavy (non-hydrogen) atoms. The minimum absolute atomic E-state index is 0.120. The number of nitrogens with one attached hydrogen (secondary N) is 3. The molecule has 0 unspecified atom stereocenters. The number of hydrogen-bond donors (Lipinski definition) is 3. The lowest BCUT2D eigenvalue weighted by Crippen LogP contribution is -2.39. The fourth-order valence-corrected chi connectivity index (χ4v) is 3.31. The second kappa shape index (κ2) is 9.79. The van der Waals surface area contributed by atoms with Crippen LogP contribution in [-0.4, -0.2) is 12.5 Å². The molecular weight excluding hydrogens is 514 g/mol. The Bertz CT molecular complexity index is 792. The van der Waals surface area contributed by atoms with Gasteiger partial charge in [0.15, 0.2) is 0 Å². The minimum Gasteiger partial charge on any atom is -0.375 e. The third-order valence-electron chi connectivity index (χ3n) is 3.09. The molecule has 0 heterocycles. The van der Waals surface area contributed by atoms with E-state index in [1.807, 2.05) is 48.5 Å². The van der Waals surface area contributed by atoms with Crippen LogP contribution >= 0.6 is 47.8 Å². The highest BCUT2D eigenvalue weighted by atomic mass is 79.9. The van der Waals surface area contributed by atoms with Gasteiger partial charge >= 0.3 is 0 Å². The maximum atomic E-state index is 11.9. The molecule has 2 aromatic carbocycles. The van der Waals surface area contributed by atoms with Crippen LogP contribution in [0.25, 0.3) is 6.08 Å². The second-order valence-corrected chi connectivity index (χ2v) is 7.61. The van der Waals surface area contributed by atoms with Crippen LogP contribution in [0.15, 0.2) is 74.2 Å². The predicted octanol–water partition coefficient (Wildman–Crippen LogP) is 5.23. The van der Waals surface area contributed by atoms with E-state index < -0.39 is 0 Å². The zero-order chi connectivity index (χ0) is 18.2. The van der Waals surface area contributed by atoms with Gasteiger partial charge in [-0.25, -0.2) is 0 Å². The Morgan fingerprint density at radius 1 is 1.00 bits per heavy atom. The summed E-state index contributed by atoms with van der Waals surface area (Å²) < 4.78 is 2.69. The molecule has 0 bridgehead atoms. The molecule has 1 amide bonds. The highest BCUT2D eigenvalue weighted by molar-refractivity contribution is 9.13. The highest BCUT2D eigenvalue weighted by Crippen LogP contribution is 2.32. The summed E-state index contributed by atoms with van der Waals surface area (Å²) in [6.07, 6.45) is 3.71. The van der Waals surface area contributed by atoms with Crippen LogP contribution in [0.3, 0.4) is 0 Å². The number of amides is 1. The SMILES string of the molecule is C=C(C=Cc1ccccc1)NNC(=O)CNc1cc(Br)c(Br)cc1Br. The molecule has 4 nitrogen and oxygen atoms in total. The first kappa shape index (κ1) is 19.8. The quantitative estimate of drug-likeness (QED) is 0.261. The number of halogens is 3. The van der Waals surface area contributed by atoms with Crippen molar-refractivity contribution in [1.29, 1.82) is 0 Å². The molecule has 0 radical (unpaired) electrons. The first-order valence-corrected chi connectivity index (χ1v) is 9.69. The standard InChI is InChI=1S/C18H16Br3N3O/c1-12(7-8-13-5-3-2-4-6-13)23-24-18(25)11-22-17-10-15(20)14(19)9-16(17)21/h2-10,22-23H,1,11H2,(H,24,25). The van der Waals surface area contributed by atoms with E-state index >= 15 is 0 Å². The molecule has 3 N–H and O–H groups in total. The van der Waals surface area contributed by atoms with Crippen LogP contribution in [0.2, 0.25) is 0 Å². The molecule has 0 aliphatic carbocycles. The van der Waals surface area contributed by atoms with Crippen molar-refractivity contribution < 1.29 is 4.79 Å². The number of hydrogen-bond acceptors (Lipinski definition) is 3. The summed E-state index contributed by atoms with van der Waals surface area (Å²) in [5.41, 5.74) is 7.83. The van der Waals surface area contributed by atoms with Crippen molar-refractivity contribution in [2.75, 3.05) is 11.9 Å². The Morgan fingerprint density at radius 3 is 2.40 bits per heavy atom. The molecule has 0 aromatic heterocycles. The van der Waals surface area contributed by atoms with Gasteiger partial charge in [-0.05, 0) is 71.6 Å². The third kappa shape index (κ3) is 6.68. The Morgan fingerprint density at radius 2 is 1.68 bits per heavy atom. The number of allylic oxidation sites excluding steroid dienone is 1. The number of anilines is 1. The van der Waals surface area contributed by atoms with Crippen molar-refractivity contribution in [3.63, 3.8) is 0 Å². The lowest BCUT2D eigenvalue weighted by atomic mass is 10.2. The van der Waals surface area contributed by atoms with E-state index in [0.717, 1.165) is 24.7 Å². The average Bonchev–Trinajstić information content (AvgIpc) is 2.61. The van der Waals surface area contributed by atoms with Crippen molar-refractivity contribution in [1.82, 2.24) is 10.9 Å². The summed E-state index contributed by atoms with van der Waals surface area (Å²) in [7, 11) is 0. The molecular formula is C18H16Br3N3O. The van der Waals surface area contributed by atoms with E-state index in [2.05, 4.69) is 70.5 Å². The van der Waals surface area contributed by atoms with Crippen molar-refractivity contribution in [3.8, 4) is 0 Å². The van der Waals surface area contributed by atoms with Gasteiger partial charge in [-0.3, -0.25) is 15.6 Å². The molecule has 130 valence electrons. The van der Waals surface area contributed by atoms with Gasteiger partial charge in [-0.15, -0.1) is 0 Å². The van der Waals surface area contributed by atoms with Gasteiger partial charge in [-0.2, -0.15) is 0 Å². The van der Waals surface area contributed by atoms with E-state index in [1.54, 1.807) is 6.08 Å². The van der Waals surface area contributed by atoms with E-state index in [1.165, 1.54) is 0 Å². The lowest BCUT2D eigenvalue weighted by Gasteiger charge is -2.12. The number of hydrazine groups is 1. The zero-order valence-electron chi connectivity index (χ0n) is 13.2. The second-order valence-electron chi connectivity index (χ2n) is 5.04. The van der Waals surface area contributed by atoms with Crippen LogP contribution < -0.4 is 16.2 Å². The van der Waals surface area contributed by atoms with Gasteiger partial charge in [0.05, 0.1) is 12.2 Å². The summed E-state index contributed by atoms with van der Waals surface area (Å²) in [4.78, 5) is 11.9. The van der Waals surface area contributed by atoms with Crippen LogP contribution in [0.4, 0.5) is 5.69 Å². The van der Waals surface area contributed by atoms with Crippen molar-refractivity contribution in [2.24, 2.45) is 0 Å². The van der Waals surface area contributed by atoms with E-state index in [-0.39, 0.29) is 12.5 Å². The topological polar surface area (TPSA) is 53.2 Å². The number of benzene rings is 2. The van der Waals surface area contributed by atoms with Gasteiger partial charge in [-0.1, -0.05) is 43.0 Å². The number of carbonyl (C=O) groups excluding carboxylic acids is 1. The molecule has 0 fully saturated rings. The molecule has 0 aliphatic rings. The van der Waals surface area contributed by atoms with Gasteiger partial charge in [0.25, 0.3) is 5.91 Å². The van der Waals surface area contributed by atoms with Crippen LogP contribution in [0.1, 0.15) is 5.56 Å². The Kier molecular flexibility index (Phi) is 7.74. The molecule has 7 heteroatoms. The third-order valence-corrected chi connectivity index (χ3v) is 5.59. The van der Waals surface area contributed by atoms with Gasteiger partial charge in [0.1, 0.15) is 0 Å². The van der Waals surface area contributed by atoms with E-state index in [0.29, 0.717) is 5.70 Å². The van der Waals surface area contributed by atoms with E-state index in [9.17, 15) is 4.79 Å². The molecule has 0 saturated heterocycles. The van der Waals surface area contributed by atoms with Gasteiger partial charge < -0.3 is 5.32 Å². The molecule has 2 rings (SSSR count). The Labute approximate surface area is 172 Å². The average molecular weight is 530 g/mol. The van der Waals surface area contributed by atoms with Gasteiger partial charge in [0, 0.05) is 19.1 Å². The first-order chi connectivity index (χ1) is 12.0. The normalized spacial score (nSPS) is 10.5. The van der Waals surface area contributed by atoms with Crippen molar-refractivity contribution in [2.45, 2.75) is 0 Å². The van der Waals surface area contributed by atoms with Crippen LogP contribution in [-0.2, 0) is 4.79 Å². The molecule has 2 aromatic rings. The predicted molar refractivity (Wildman–Crippen MR) is 114 cm³/mol. The van der Waals surface area contributed by atoms with Crippen molar-refractivity contribution in [3.05, 3.63) is 79.8 Å². The fraction of sp³-hybridized carbons (Fsp3) is 0.0556. The molecule has 0 atom stereocenters. The molecule has 0 spiro atoms. The summed E-state index contributed by atoms with van der Waals surface area (Å²) in [5, 5.41) is 3.06. The minimum atomic E-state index is -0.208. The van der Waals surface area contributed by atoms with E-state index in [4.69, 9.17) is 0 Å². The van der Waals surface area contributed by atoms with Crippen LogP contribution in [0.5, 0.6) is 0 Å². The first-order valence-electron chi connectivity index (χ1n) is 7.31. The molecule has 0 saturated carbocycles. The smallest absolute Gasteiger partial charge is 0.257 e. The summed E-state index contributed by atoms with van der Waals surface area (Å²) in [6.45, 7) is 3.96. The highest BCUT2D eigenvalue weighted by Gasteiger charge is 2.07. The monoisotopic (exact) mass is 527 g/mol. The Hall–Kier alpha value is -1.57. The summed E-state index contributed by atoms with van der Waals surface area (Å²) >= 11 is 10.3. The summed E-state index contributed by atoms with van der Waals surface area (Å²) in [5.74, 6) is -0.208. The fourth-order valence-electron chi connectivity index (χ4n) is 1.83. The lowest BCUT2D eigenvalue weighted by molar-refractivity contribution is -0.120. The summed E-state index contributed by atoms with van der Waals surface area (Å²) in [6, 6.07) is 13.6. The van der Waals surface area contributed by atoms with Gasteiger partial charge in [0.2, 0.25) is 0 Å². The number of carbonyl (C=O) groups is 1. The maximum Gasteiger partial charge on any atom is 0.257 e. The Balaban J connectivity index is 1.78. The maximum absolute atomic E-state index is 11.9. The molecule has 0 aliphatic heterocycles. The van der Waals surface area contributed by atoms with Crippen molar-refractivity contribution >= 4 is 65.5 Å². The zero-order valence-corrected chi connectivity index (χ0v) is 17.9. The van der Waals surface area contributed by atoms with Crippen LogP contribution in [0, 0.1) is 0 Å². The largest absolute Gasteiger partial charge is 0.375 e. The number of rotatable bonds is 7.